The van der Waals surface area contributed by atoms with Crippen LogP contribution in [0.4, 0.5) is 5.69 Å². The molecule has 0 saturated heterocycles. The Morgan fingerprint density at radius 3 is 2.15 bits per heavy atom. The van der Waals surface area contributed by atoms with E-state index in [2.05, 4.69) is 5.32 Å². The maximum atomic E-state index is 14.6. The molecule has 2 amide bonds. The van der Waals surface area contributed by atoms with E-state index in [1.807, 2.05) is 82.3 Å². The molecular formula is C36H40ClN3O5S. The van der Waals surface area contributed by atoms with Crippen molar-refractivity contribution in [1.29, 1.82) is 0 Å². The van der Waals surface area contributed by atoms with Crippen LogP contribution in [-0.2, 0) is 32.6 Å². The van der Waals surface area contributed by atoms with Crippen molar-refractivity contribution in [3.8, 4) is 5.75 Å². The highest BCUT2D eigenvalue weighted by molar-refractivity contribution is 7.92. The number of aryl methyl sites for hydroxylation is 1. The van der Waals surface area contributed by atoms with Crippen molar-refractivity contribution in [1.82, 2.24) is 10.2 Å². The summed E-state index contributed by atoms with van der Waals surface area (Å²) in [6.45, 7) is 7.08. The molecule has 46 heavy (non-hydrogen) atoms. The standard InChI is InChI=1S/C36H40ClN3O5S/c1-26-12-9-10-15-28(26)24-39(33(35(42)38-36(2,3)4)22-27-13-7-6-8-14-27)34(41)25-40(30-17-11-16-29(37)23-30)46(43,44)32-20-18-31(45-5)19-21-32/h6-21,23,33H,22,24-25H2,1-5H3,(H,38,42)/t33-/m0/s1. The molecule has 1 N–H and O–H groups in total. The molecule has 4 rings (SSSR count). The minimum atomic E-state index is -4.27. The summed E-state index contributed by atoms with van der Waals surface area (Å²) < 4.78 is 34.6. The first-order chi connectivity index (χ1) is 21.8. The van der Waals surface area contributed by atoms with E-state index in [1.54, 1.807) is 30.3 Å². The van der Waals surface area contributed by atoms with Crippen molar-refractivity contribution in [2.24, 2.45) is 0 Å². The zero-order valence-corrected chi connectivity index (χ0v) is 28.3. The predicted octanol–water partition coefficient (Wildman–Crippen LogP) is 6.41. The van der Waals surface area contributed by atoms with Crippen LogP contribution in [0.15, 0.2) is 108 Å². The van der Waals surface area contributed by atoms with Gasteiger partial charge in [-0.1, -0.05) is 72.3 Å². The van der Waals surface area contributed by atoms with Crippen molar-refractivity contribution in [2.75, 3.05) is 18.0 Å². The predicted molar refractivity (Wildman–Crippen MR) is 183 cm³/mol. The Labute approximate surface area is 277 Å². The van der Waals surface area contributed by atoms with Crippen molar-refractivity contribution < 1.29 is 22.7 Å². The second-order valence-electron chi connectivity index (χ2n) is 12.1. The molecule has 0 heterocycles. The lowest BCUT2D eigenvalue weighted by atomic mass is 10.00. The van der Waals surface area contributed by atoms with E-state index in [1.165, 1.54) is 30.2 Å². The maximum absolute atomic E-state index is 14.6. The molecule has 10 heteroatoms. The number of benzene rings is 4. The number of carbonyl (C=O) groups is 2. The molecule has 0 fully saturated rings. The number of rotatable bonds is 12. The Balaban J connectivity index is 1.83. The SMILES string of the molecule is COc1ccc(S(=O)(=O)N(CC(=O)N(Cc2ccccc2C)[C@@H](Cc2ccccc2)C(=O)NC(C)(C)C)c2cccc(Cl)c2)cc1. The Bertz CT molecular complexity index is 1760. The third-order valence-corrected chi connectivity index (χ3v) is 9.42. The number of anilines is 1. The van der Waals surface area contributed by atoms with Crippen LogP contribution in [0.1, 0.15) is 37.5 Å². The molecule has 0 spiro atoms. The van der Waals surface area contributed by atoms with Crippen LogP contribution in [0.5, 0.6) is 5.75 Å². The molecule has 0 aromatic heterocycles. The van der Waals surface area contributed by atoms with Gasteiger partial charge in [-0.2, -0.15) is 0 Å². The van der Waals surface area contributed by atoms with Gasteiger partial charge in [0.1, 0.15) is 18.3 Å². The average molecular weight is 662 g/mol. The molecule has 4 aromatic carbocycles. The van der Waals surface area contributed by atoms with Crippen LogP contribution in [0.25, 0.3) is 0 Å². The number of ether oxygens (including phenoxy) is 1. The van der Waals surface area contributed by atoms with Gasteiger partial charge in [-0.05, 0) is 86.8 Å². The molecule has 0 bridgehead atoms. The molecule has 8 nitrogen and oxygen atoms in total. The fourth-order valence-corrected chi connectivity index (χ4v) is 6.60. The molecule has 0 unspecified atom stereocenters. The first kappa shape index (κ1) is 34.5. The Morgan fingerprint density at radius 1 is 0.891 bits per heavy atom. The van der Waals surface area contributed by atoms with Crippen LogP contribution in [-0.4, -0.2) is 50.4 Å². The Morgan fingerprint density at radius 2 is 1.54 bits per heavy atom. The topological polar surface area (TPSA) is 96.0 Å². The van der Waals surface area contributed by atoms with Gasteiger partial charge in [-0.15, -0.1) is 0 Å². The van der Waals surface area contributed by atoms with Crippen LogP contribution < -0.4 is 14.4 Å². The van der Waals surface area contributed by atoms with Gasteiger partial charge in [0.15, 0.2) is 0 Å². The number of nitrogens with zero attached hydrogens (tertiary/aromatic N) is 2. The number of nitrogens with one attached hydrogen (secondary N) is 1. The van der Waals surface area contributed by atoms with E-state index in [4.69, 9.17) is 16.3 Å². The summed E-state index contributed by atoms with van der Waals surface area (Å²) in [5.74, 6) is -0.404. The van der Waals surface area contributed by atoms with E-state index in [0.29, 0.717) is 10.8 Å². The van der Waals surface area contributed by atoms with E-state index < -0.39 is 34.1 Å². The molecule has 242 valence electrons. The summed E-state index contributed by atoms with van der Waals surface area (Å²) in [5.41, 5.74) is 2.27. The van der Waals surface area contributed by atoms with E-state index in [0.717, 1.165) is 21.0 Å². The quantitative estimate of drug-likeness (QED) is 0.189. The van der Waals surface area contributed by atoms with Gasteiger partial charge in [0.25, 0.3) is 10.0 Å². The number of halogens is 1. The van der Waals surface area contributed by atoms with Crippen LogP contribution in [0.2, 0.25) is 5.02 Å². The highest BCUT2D eigenvalue weighted by atomic mass is 35.5. The van der Waals surface area contributed by atoms with Gasteiger partial charge in [-0.25, -0.2) is 8.42 Å². The molecule has 0 aliphatic rings. The summed E-state index contributed by atoms with van der Waals surface area (Å²) in [4.78, 5) is 30.0. The number of carbonyl (C=O) groups excluding carboxylic acids is 2. The molecule has 0 saturated carbocycles. The van der Waals surface area contributed by atoms with Gasteiger partial charge in [0.2, 0.25) is 11.8 Å². The van der Waals surface area contributed by atoms with Crippen molar-refractivity contribution in [3.63, 3.8) is 0 Å². The third kappa shape index (κ3) is 8.89. The summed E-state index contributed by atoms with van der Waals surface area (Å²) in [7, 11) is -2.78. The summed E-state index contributed by atoms with van der Waals surface area (Å²) in [6, 6.07) is 28.4. The average Bonchev–Trinajstić information content (AvgIpc) is 3.01. The van der Waals surface area contributed by atoms with E-state index in [9.17, 15) is 18.0 Å². The fourth-order valence-electron chi connectivity index (χ4n) is 5.01. The van der Waals surface area contributed by atoms with Crippen molar-refractivity contribution in [2.45, 2.75) is 57.1 Å². The van der Waals surface area contributed by atoms with E-state index in [-0.39, 0.29) is 29.5 Å². The maximum Gasteiger partial charge on any atom is 0.264 e. The first-order valence-corrected chi connectivity index (χ1v) is 16.7. The lowest BCUT2D eigenvalue weighted by molar-refractivity contribution is -0.140. The fraction of sp³-hybridized carbons (Fsp3) is 0.278. The molecule has 4 aromatic rings. The lowest BCUT2D eigenvalue weighted by Crippen LogP contribution is -2.56. The number of hydrogen-bond donors (Lipinski definition) is 1. The lowest BCUT2D eigenvalue weighted by Gasteiger charge is -2.35. The number of methoxy groups -OCH3 is 1. The molecule has 1 atom stereocenters. The van der Waals surface area contributed by atoms with Crippen molar-refractivity contribution >= 4 is 39.1 Å². The van der Waals surface area contributed by atoms with Gasteiger partial charge in [0.05, 0.1) is 17.7 Å². The number of hydrogen-bond acceptors (Lipinski definition) is 5. The normalized spacial score (nSPS) is 12.2. The van der Waals surface area contributed by atoms with Gasteiger partial charge in [0, 0.05) is 23.5 Å². The van der Waals surface area contributed by atoms with Crippen LogP contribution >= 0.6 is 11.6 Å². The second-order valence-corrected chi connectivity index (χ2v) is 14.4. The molecule has 0 radical (unpaired) electrons. The van der Waals surface area contributed by atoms with Crippen molar-refractivity contribution in [3.05, 3.63) is 125 Å². The molecule has 0 aliphatic carbocycles. The Kier molecular flexibility index (Phi) is 11.1. The monoisotopic (exact) mass is 661 g/mol. The summed E-state index contributed by atoms with van der Waals surface area (Å²) in [6.07, 6.45) is 0.225. The van der Waals surface area contributed by atoms with Crippen LogP contribution in [0.3, 0.4) is 0 Å². The number of amides is 2. The second kappa shape index (κ2) is 14.8. The molecule has 0 aliphatic heterocycles. The van der Waals surface area contributed by atoms with Gasteiger partial charge < -0.3 is 15.0 Å². The zero-order valence-electron chi connectivity index (χ0n) is 26.7. The highest BCUT2D eigenvalue weighted by Gasteiger charge is 2.36. The highest BCUT2D eigenvalue weighted by Crippen LogP contribution is 2.28. The zero-order chi connectivity index (χ0) is 33.5. The summed E-state index contributed by atoms with van der Waals surface area (Å²) in [5, 5.41) is 3.35. The molecular weight excluding hydrogens is 622 g/mol. The van der Waals surface area contributed by atoms with Crippen LogP contribution in [0, 0.1) is 6.92 Å². The van der Waals surface area contributed by atoms with E-state index >= 15 is 0 Å². The largest absolute Gasteiger partial charge is 0.497 e. The Hall–Kier alpha value is -4.34. The smallest absolute Gasteiger partial charge is 0.264 e. The number of sulfonamides is 1. The first-order valence-electron chi connectivity index (χ1n) is 14.9. The van der Waals surface area contributed by atoms with Gasteiger partial charge in [-0.3, -0.25) is 13.9 Å². The third-order valence-electron chi connectivity index (χ3n) is 7.39. The minimum absolute atomic E-state index is 0.0298. The minimum Gasteiger partial charge on any atom is -0.497 e. The van der Waals surface area contributed by atoms with Gasteiger partial charge >= 0.3 is 0 Å². The summed E-state index contributed by atoms with van der Waals surface area (Å²) >= 11 is 6.31.